The lowest BCUT2D eigenvalue weighted by atomic mass is 10.0. The van der Waals surface area contributed by atoms with E-state index in [2.05, 4.69) is 0 Å². The zero-order valence-corrected chi connectivity index (χ0v) is 23.9. The lowest BCUT2D eigenvalue weighted by molar-refractivity contribution is -0.137. The number of Topliss-reactive ketones (excluding diaryl/α,β-unsaturated/α-hetero) is 1. The molecule has 1 heterocycles. The van der Waals surface area contributed by atoms with Gasteiger partial charge in [-0.1, -0.05) is 36.4 Å². The van der Waals surface area contributed by atoms with E-state index in [0.717, 1.165) is 34.2 Å². The molecule has 0 fully saturated rings. The molecule has 2 N–H and O–H groups in total. The minimum Gasteiger partial charge on any atom is -0.494 e. The number of fused-ring (bicyclic) bond motifs is 1. The summed E-state index contributed by atoms with van der Waals surface area (Å²) in [6.07, 6.45) is 7.51. The lowest BCUT2D eigenvalue weighted by Crippen LogP contribution is -2.05. The predicted molar refractivity (Wildman–Crippen MR) is 162 cm³/mol. The van der Waals surface area contributed by atoms with E-state index in [1.54, 1.807) is 0 Å². The molecule has 43 heavy (non-hydrogen) atoms. The van der Waals surface area contributed by atoms with Gasteiger partial charge in [0, 0.05) is 30.1 Å². The number of ketones is 1. The average molecular weight is 588 g/mol. The molecule has 0 aliphatic heterocycles. The molecule has 0 bridgehead atoms. The van der Waals surface area contributed by atoms with Crippen molar-refractivity contribution in [2.45, 2.75) is 45.6 Å². The van der Waals surface area contributed by atoms with Gasteiger partial charge in [0.05, 0.1) is 25.2 Å². The summed E-state index contributed by atoms with van der Waals surface area (Å²) in [4.78, 5) is 34.2. The number of aromatic nitrogens is 1. The Hall–Kier alpha value is -4.92. The molecule has 224 valence electrons. The molecule has 4 aromatic rings. The van der Waals surface area contributed by atoms with Crippen LogP contribution in [0, 0.1) is 5.82 Å². The molecule has 0 saturated carbocycles. The van der Waals surface area contributed by atoms with Gasteiger partial charge >= 0.3 is 11.9 Å². The van der Waals surface area contributed by atoms with Crippen LogP contribution in [0.3, 0.4) is 0 Å². The third-order valence-electron chi connectivity index (χ3n) is 6.87. The number of carbonyl (C=O) groups is 3. The predicted octanol–water partition coefficient (Wildman–Crippen LogP) is 6.88. The summed E-state index contributed by atoms with van der Waals surface area (Å²) < 4.78 is 26.8. The second-order valence-electron chi connectivity index (χ2n) is 10.2. The highest BCUT2D eigenvalue weighted by atomic mass is 19.1. The summed E-state index contributed by atoms with van der Waals surface area (Å²) in [7, 11) is 0. The number of aliphatic carboxylic acids is 2. The zero-order chi connectivity index (χ0) is 30.8. The van der Waals surface area contributed by atoms with Crippen molar-refractivity contribution in [3.8, 4) is 11.5 Å². The Labute approximate surface area is 249 Å². The molecule has 3 aromatic carbocycles. The van der Waals surface area contributed by atoms with Gasteiger partial charge in [-0.15, -0.1) is 0 Å². The van der Waals surface area contributed by atoms with Crippen molar-refractivity contribution in [1.82, 2.24) is 4.57 Å². The molecule has 0 amide bonds. The van der Waals surface area contributed by atoms with Crippen molar-refractivity contribution in [2.24, 2.45) is 0 Å². The van der Waals surface area contributed by atoms with E-state index in [-0.39, 0.29) is 24.2 Å². The molecule has 0 saturated heterocycles. The highest BCUT2D eigenvalue weighted by Crippen LogP contribution is 2.28. The van der Waals surface area contributed by atoms with Gasteiger partial charge in [-0.05, 0) is 79.3 Å². The van der Waals surface area contributed by atoms with E-state index in [1.807, 2.05) is 65.4 Å². The molecule has 9 heteroatoms. The first-order chi connectivity index (χ1) is 20.7. The van der Waals surface area contributed by atoms with Gasteiger partial charge in [-0.25, -0.2) is 4.39 Å². The van der Waals surface area contributed by atoms with Crippen LogP contribution in [0.25, 0.3) is 23.1 Å². The maximum atomic E-state index is 13.4. The number of aryl methyl sites for hydroxylation is 1. The first kappa shape index (κ1) is 31.0. The van der Waals surface area contributed by atoms with E-state index in [1.165, 1.54) is 25.1 Å². The number of carboxylic acid groups (broad SMARTS) is 2. The molecule has 8 nitrogen and oxygen atoms in total. The number of benzene rings is 3. The van der Waals surface area contributed by atoms with E-state index >= 15 is 0 Å². The van der Waals surface area contributed by atoms with Crippen molar-refractivity contribution < 1.29 is 38.5 Å². The molecule has 0 atom stereocenters. The molecule has 4 rings (SSSR count). The van der Waals surface area contributed by atoms with Gasteiger partial charge in [0.2, 0.25) is 0 Å². The molecule has 1 aromatic heterocycles. The van der Waals surface area contributed by atoms with Crippen molar-refractivity contribution in [2.75, 3.05) is 13.2 Å². The molecule has 0 aliphatic carbocycles. The smallest absolute Gasteiger partial charge is 0.307 e. The molecule has 0 aliphatic rings. The quantitative estimate of drug-likeness (QED) is 0.0834. The maximum absolute atomic E-state index is 13.4. The van der Waals surface area contributed by atoms with Crippen molar-refractivity contribution in [1.29, 1.82) is 0 Å². The Morgan fingerprint density at radius 3 is 2.33 bits per heavy atom. The number of nitrogens with zero attached hydrogens (tertiary/aromatic N) is 1. The Morgan fingerprint density at radius 1 is 0.884 bits per heavy atom. The van der Waals surface area contributed by atoms with E-state index in [0.29, 0.717) is 43.9 Å². The molecular weight excluding hydrogens is 553 g/mol. The second-order valence-corrected chi connectivity index (χ2v) is 10.2. The van der Waals surface area contributed by atoms with Crippen LogP contribution < -0.4 is 9.47 Å². The van der Waals surface area contributed by atoms with Crippen LogP contribution >= 0.6 is 0 Å². The normalized spacial score (nSPS) is 11.2. The van der Waals surface area contributed by atoms with Crippen LogP contribution in [0.2, 0.25) is 0 Å². The van der Waals surface area contributed by atoms with E-state index in [9.17, 15) is 23.9 Å². The monoisotopic (exact) mass is 587 g/mol. The standard InChI is InChI=1S/C34H34FNO7/c1-23(37)29-21-27(35)13-16-31(29)43-19-3-2-18-42-28-14-10-24(11-15-28)9-12-25-6-4-7-30-34(25)26(20-33(40)41)22-36(30)17-5-8-32(38)39/h4,6-7,9-16,21-22H,2-3,5,8,17-20H2,1H3,(H,38,39)(H,40,41)/b12-9+. The Balaban J connectivity index is 1.33. The van der Waals surface area contributed by atoms with Crippen molar-refractivity contribution >= 4 is 40.8 Å². The van der Waals surface area contributed by atoms with Crippen LogP contribution in [-0.2, 0) is 22.6 Å². The fraction of sp³-hybridized carbons (Fsp3) is 0.265. The number of carboxylic acids is 2. The minimum absolute atomic E-state index is 0.0438. The largest absolute Gasteiger partial charge is 0.494 e. The Kier molecular flexibility index (Phi) is 10.7. The summed E-state index contributed by atoms with van der Waals surface area (Å²) in [6, 6.07) is 17.3. The number of halogens is 1. The summed E-state index contributed by atoms with van der Waals surface area (Å²) in [5, 5.41) is 19.3. The third kappa shape index (κ3) is 8.78. The van der Waals surface area contributed by atoms with Gasteiger partial charge in [-0.2, -0.15) is 0 Å². The molecule has 0 radical (unpaired) electrons. The fourth-order valence-electron chi connectivity index (χ4n) is 4.83. The number of unbranched alkanes of at least 4 members (excludes halogenated alkanes) is 1. The molecular formula is C34H34FNO7. The Bertz CT molecular complexity index is 1620. The van der Waals surface area contributed by atoms with E-state index in [4.69, 9.17) is 14.6 Å². The minimum atomic E-state index is -0.929. The van der Waals surface area contributed by atoms with Gasteiger partial charge in [0.25, 0.3) is 0 Å². The van der Waals surface area contributed by atoms with Crippen LogP contribution in [0.4, 0.5) is 4.39 Å². The summed E-state index contributed by atoms with van der Waals surface area (Å²) in [6.45, 7) is 2.73. The lowest BCUT2D eigenvalue weighted by Gasteiger charge is -2.10. The SMILES string of the molecule is CC(=O)c1cc(F)ccc1OCCCCOc1ccc(/C=C/c2cccc3c2c(CC(=O)O)cn3CCCC(=O)O)cc1. The van der Waals surface area contributed by atoms with Crippen molar-refractivity contribution in [3.63, 3.8) is 0 Å². The maximum Gasteiger partial charge on any atom is 0.307 e. The number of ether oxygens (including phenoxy) is 2. The summed E-state index contributed by atoms with van der Waals surface area (Å²) in [5.41, 5.74) is 3.61. The van der Waals surface area contributed by atoms with Crippen LogP contribution in [0.5, 0.6) is 11.5 Å². The number of rotatable bonds is 16. The van der Waals surface area contributed by atoms with Crippen LogP contribution in [-0.4, -0.2) is 45.7 Å². The van der Waals surface area contributed by atoms with Crippen LogP contribution in [0.15, 0.2) is 66.9 Å². The van der Waals surface area contributed by atoms with Crippen molar-refractivity contribution in [3.05, 3.63) is 94.9 Å². The molecule has 0 spiro atoms. The highest BCUT2D eigenvalue weighted by molar-refractivity contribution is 5.97. The third-order valence-corrected chi connectivity index (χ3v) is 6.87. The second kappa shape index (κ2) is 14.8. The number of hydrogen-bond donors (Lipinski definition) is 2. The van der Waals surface area contributed by atoms with Gasteiger partial charge < -0.3 is 24.3 Å². The zero-order valence-electron chi connectivity index (χ0n) is 23.9. The van der Waals surface area contributed by atoms with Gasteiger partial charge in [0.15, 0.2) is 5.78 Å². The molecule has 0 unspecified atom stereocenters. The first-order valence-electron chi connectivity index (χ1n) is 14.1. The summed E-state index contributed by atoms with van der Waals surface area (Å²) in [5.74, 6) is -1.42. The average Bonchev–Trinajstić information content (AvgIpc) is 3.31. The van der Waals surface area contributed by atoms with Gasteiger partial charge in [0.1, 0.15) is 17.3 Å². The highest BCUT2D eigenvalue weighted by Gasteiger charge is 2.14. The summed E-state index contributed by atoms with van der Waals surface area (Å²) >= 11 is 0. The fourth-order valence-corrected chi connectivity index (χ4v) is 4.83. The topological polar surface area (TPSA) is 115 Å². The number of hydrogen-bond acceptors (Lipinski definition) is 5. The first-order valence-corrected chi connectivity index (χ1v) is 14.1. The Morgan fingerprint density at radius 2 is 1.63 bits per heavy atom. The van der Waals surface area contributed by atoms with E-state index < -0.39 is 17.8 Å². The number of carbonyl (C=O) groups excluding carboxylic acids is 1. The van der Waals surface area contributed by atoms with Crippen LogP contribution in [0.1, 0.15) is 59.7 Å². The van der Waals surface area contributed by atoms with Gasteiger partial charge in [-0.3, -0.25) is 14.4 Å².